The number of ether oxygens (including phenoxy) is 1. The normalized spacial score (nSPS) is 13.5. The summed E-state index contributed by atoms with van der Waals surface area (Å²) in [5.41, 5.74) is 6.74. The first-order valence-corrected chi connectivity index (χ1v) is 5.32. The Morgan fingerprint density at radius 2 is 1.76 bits per heavy atom. The van der Waals surface area contributed by atoms with Crippen molar-refractivity contribution in [1.29, 1.82) is 0 Å². The van der Waals surface area contributed by atoms with Crippen molar-refractivity contribution < 1.29 is 17.9 Å². The molecule has 1 aromatic carbocycles. The van der Waals surface area contributed by atoms with Crippen LogP contribution in [0.3, 0.4) is 0 Å². The van der Waals surface area contributed by atoms with Crippen LogP contribution < -0.4 is 10.5 Å². The smallest absolute Gasteiger partial charge is 0.396 e. The zero-order chi connectivity index (χ0) is 13.1. The molecule has 0 saturated carbocycles. The monoisotopic (exact) mass is 247 g/mol. The molecule has 1 aromatic rings. The van der Waals surface area contributed by atoms with Gasteiger partial charge in [0.15, 0.2) is 0 Å². The summed E-state index contributed by atoms with van der Waals surface area (Å²) in [7, 11) is 0. The Hall–Kier alpha value is -1.23. The van der Waals surface area contributed by atoms with E-state index in [4.69, 9.17) is 10.5 Å². The van der Waals surface area contributed by atoms with E-state index in [-0.39, 0.29) is 0 Å². The number of hydrogen-bond donors (Lipinski definition) is 1. The maximum Gasteiger partial charge on any atom is 0.396 e. The third-order valence-corrected chi connectivity index (χ3v) is 2.59. The van der Waals surface area contributed by atoms with Gasteiger partial charge in [-0.3, -0.25) is 0 Å². The van der Waals surface area contributed by atoms with Crippen LogP contribution in [-0.4, -0.2) is 19.3 Å². The predicted octanol–water partition coefficient (Wildman–Crippen LogP) is 2.82. The minimum atomic E-state index is -4.31. The second-order valence-electron chi connectivity index (χ2n) is 4.01. The molecule has 0 spiro atoms. The molecule has 1 unspecified atom stereocenters. The van der Waals surface area contributed by atoms with E-state index in [1.54, 1.807) is 26.0 Å². The molecule has 1 atom stereocenters. The average molecular weight is 247 g/mol. The second-order valence-corrected chi connectivity index (χ2v) is 4.01. The molecule has 0 aliphatic heterocycles. The zero-order valence-corrected chi connectivity index (χ0v) is 9.84. The fraction of sp³-hybridized carbons (Fsp3) is 0.500. The number of aryl methyl sites for hydroxylation is 2. The van der Waals surface area contributed by atoms with E-state index < -0.39 is 25.2 Å². The molecule has 5 heteroatoms. The molecule has 96 valence electrons. The van der Waals surface area contributed by atoms with Gasteiger partial charge in [-0.2, -0.15) is 13.2 Å². The van der Waals surface area contributed by atoms with Crippen LogP contribution >= 0.6 is 0 Å². The number of para-hydroxylation sites is 1. The summed E-state index contributed by atoms with van der Waals surface area (Å²) in [6.07, 6.45) is -4.31. The van der Waals surface area contributed by atoms with E-state index in [0.29, 0.717) is 5.75 Å². The van der Waals surface area contributed by atoms with Crippen molar-refractivity contribution in [3.63, 3.8) is 0 Å². The van der Waals surface area contributed by atoms with Gasteiger partial charge in [-0.05, 0) is 25.0 Å². The molecular weight excluding hydrogens is 231 g/mol. The highest BCUT2D eigenvalue weighted by atomic mass is 19.4. The molecule has 0 aliphatic carbocycles. The van der Waals surface area contributed by atoms with Crippen molar-refractivity contribution >= 4 is 0 Å². The molecule has 0 bridgehead atoms. The quantitative estimate of drug-likeness (QED) is 0.888. The molecule has 2 nitrogen and oxygen atoms in total. The topological polar surface area (TPSA) is 35.2 Å². The Morgan fingerprint density at radius 3 is 2.18 bits per heavy atom. The lowest BCUT2D eigenvalue weighted by molar-refractivity contribution is -0.178. The standard InChI is InChI=1S/C12H16F3NO/c1-8-4-3-5-9(2)11(8)17-7-10(6-16)12(13,14)15/h3-5,10H,6-7,16H2,1-2H3. The largest absolute Gasteiger partial charge is 0.492 e. The Bertz CT molecular complexity index is 356. The van der Waals surface area contributed by atoms with E-state index in [2.05, 4.69) is 0 Å². The first-order valence-electron chi connectivity index (χ1n) is 5.32. The van der Waals surface area contributed by atoms with Gasteiger partial charge in [0.25, 0.3) is 0 Å². The van der Waals surface area contributed by atoms with Gasteiger partial charge in [0, 0.05) is 6.54 Å². The molecule has 1 rings (SSSR count). The highest BCUT2D eigenvalue weighted by molar-refractivity contribution is 5.39. The summed E-state index contributed by atoms with van der Waals surface area (Å²) < 4.78 is 42.6. The molecule has 17 heavy (non-hydrogen) atoms. The van der Waals surface area contributed by atoms with Gasteiger partial charge in [-0.15, -0.1) is 0 Å². The van der Waals surface area contributed by atoms with Crippen LogP contribution in [0.15, 0.2) is 18.2 Å². The van der Waals surface area contributed by atoms with Crippen molar-refractivity contribution in [1.82, 2.24) is 0 Å². The molecule has 0 heterocycles. The van der Waals surface area contributed by atoms with Gasteiger partial charge in [-0.25, -0.2) is 0 Å². The Balaban J connectivity index is 2.73. The lowest BCUT2D eigenvalue weighted by atomic mass is 10.1. The average Bonchev–Trinajstić information content (AvgIpc) is 2.20. The van der Waals surface area contributed by atoms with Crippen LogP contribution in [0.25, 0.3) is 0 Å². The van der Waals surface area contributed by atoms with Gasteiger partial charge in [0.2, 0.25) is 0 Å². The molecule has 0 radical (unpaired) electrons. The molecule has 0 saturated heterocycles. The van der Waals surface area contributed by atoms with E-state index in [1.165, 1.54) is 0 Å². The van der Waals surface area contributed by atoms with Crippen LogP contribution in [0, 0.1) is 19.8 Å². The molecule has 0 fully saturated rings. The first-order chi connectivity index (χ1) is 7.86. The van der Waals surface area contributed by atoms with E-state index >= 15 is 0 Å². The van der Waals surface area contributed by atoms with Crippen molar-refractivity contribution in [2.45, 2.75) is 20.0 Å². The van der Waals surface area contributed by atoms with E-state index in [9.17, 15) is 13.2 Å². The van der Waals surface area contributed by atoms with Gasteiger partial charge in [0.05, 0.1) is 0 Å². The number of nitrogens with two attached hydrogens (primary N) is 1. The second kappa shape index (κ2) is 5.40. The highest BCUT2D eigenvalue weighted by Gasteiger charge is 2.39. The maximum absolute atomic E-state index is 12.5. The molecule has 0 aromatic heterocycles. The number of halogens is 3. The fourth-order valence-electron chi connectivity index (χ4n) is 1.51. The minimum Gasteiger partial charge on any atom is -0.492 e. The zero-order valence-electron chi connectivity index (χ0n) is 9.84. The third kappa shape index (κ3) is 3.63. The maximum atomic E-state index is 12.5. The number of benzene rings is 1. The van der Waals surface area contributed by atoms with E-state index in [0.717, 1.165) is 11.1 Å². The van der Waals surface area contributed by atoms with Crippen molar-refractivity contribution in [2.24, 2.45) is 11.7 Å². The van der Waals surface area contributed by atoms with Crippen LogP contribution in [0.5, 0.6) is 5.75 Å². The summed E-state index contributed by atoms with van der Waals surface area (Å²) in [6.45, 7) is 2.70. The summed E-state index contributed by atoms with van der Waals surface area (Å²) in [5.74, 6) is -1.11. The summed E-state index contributed by atoms with van der Waals surface area (Å²) in [4.78, 5) is 0. The van der Waals surface area contributed by atoms with Crippen molar-refractivity contribution in [3.8, 4) is 5.75 Å². The molecular formula is C12H16F3NO. The lowest BCUT2D eigenvalue weighted by Gasteiger charge is -2.20. The van der Waals surface area contributed by atoms with Crippen LogP contribution in [0.4, 0.5) is 13.2 Å². The number of alkyl halides is 3. The minimum absolute atomic E-state index is 0.439. The lowest BCUT2D eigenvalue weighted by Crippen LogP contribution is -2.35. The fourth-order valence-corrected chi connectivity index (χ4v) is 1.51. The molecule has 0 aliphatic rings. The van der Waals surface area contributed by atoms with Crippen LogP contribution in [0.2, 0.25) is 0 Å². The third-order valence-electron chi connectivity index (χ3n) is 2.59. The number of hydrogen-bond acceptors (Lipinski definition) is 2. The predicted molar refractivity (Wildman–Crippen MR) is 60.0 cm³/mol. The summed E-state index contributed by atoms with van der Waals surface area (Å²) >= 11 is 0. The van der Waals surface area contributed by atoms with Gasteiger partial charge < -0.3 is 10.5 Å². The Labute approximate surface area is 98.6 Å². The van der Waals surface area contributed by atoms with E-state index in [1.807, 2.05) is 6.07 Å². The van der Waals surface area contributed by atoms with Gasteiger partial charge in [0.1, 0.15) is 18.3 Å². The first kappa shape index (κ1) is 13.8. The summed E-state index contributed by atoms with van der Waals surface area (Å²) in [6, 6.07) is 5.43. The van der Waals surface area contributed by atoms with Crippen LogP contribution in [0.1, 0.15) is 11.1 Å². The summed E-state index contributed by atoms with van der Waals surface area (Å²) in [5, 5.41) is 0. The van der Waals surface area contributed by atoms with Crippen molar-refractivity contribution in [3.05, 3.63) is 29.3 Å². The molecule has 0 amide bonds. The highest BCUT2D eigenvalue weighted by Crippen LogP contribution is 2.28. The van der Waals surface area contributed by atoms with Crippen molar-refractivity contribution in [2.75, 3.05) is 13.2 Å². The molecule has 2 N–H and O–H groups in total. The SMILES string of the molecule is Cc1cccc(C)c1OCC(CN)C(F)(F)F. The van der Waals surface area contributed by atoms with Gasteiger partial charge in [-0.1, -0.05) is 18.2 Å². The van der Waals surface area contributed by atoms with Gasteiger partial charge >= 0.3 is 6.18 Å². The number of rotatable bonds is 4. The Morgan fingerprint density at radius 1 is 1.24 bits per heavy atom. The Kier molecular flexibility index (Phi) is 4.40. The van der Waals surface area contributed by atoms with Crippen LogP contribution in [-0.2, 0) is 0 Å².